The Hall–Kier alpha value is -0.500. The third-order valence-electron chi connectivity index (χ3n) is 12.6. The summed E-state index contributed by atoms with van der Waals surface area (Å²) in [5.74, 6) is -0.145. The highest BCUT2D eigenvalue weighted by Crippen LogP contribution is 2.43. The molecule has 3 unspecified atom stereocenters. The van der Waals surface area contributed by atoms with E-state index in [1.807, 2.05) is 21.1 Å². The zero-order chi connectivity index (χ0) is 45.0. The van der Waals surface area contributed by atoms with Gasteiger partial charge in [0.05, 0.1) is 39.9 Å². The maximum atomic E-state index is 12.8. The van der Waals surface area contributed by atoms with Gasteiger partial charge in [-0.2, -0.15) is 0 Å². The Kier molecular flexibility index (Phi) is 44.3. The van der Waals surface area contributed by atoms with Crippen molar-refractivity contribution in [2.24, 2.45) is 0 Å². The fourth-order valence-electron chi connectivity index (χ4n) is 8.34. The van der Waals surface area contributed by atoms with E-state index < -0.39 is 20.0 Å². The predicted octanol–water partition coefficient (Wildman–Crippen LogP) is 15.7. The first-order valence-electron chi connectivity index (χ1n) is 26.9. The Morgan fingerprint density at radius 1 is 0.492 bits per heavy atom. The van der Waals surface area contributed by atoms with Crippen molar-refractivity contribution < 1.29 is 32.9 Å². The molecule has 0 spiro atoms. The van der Waals surface area contributed by atoms with E-state index in [4.69, 9.17) is 9.05 Å². The van der Waals surface area contributed by atoms with Crippen LogP contribution < -0.4 is 5.32 Å². The molecule has 0 aromatic rings. The number of aliphatic hydroxyl groups excluding tert-OH is 1. The molecule has 0 bridgehead atoms. The number of phosphoric ester groups is 1. The van der Waals surface area contributed by atoms with Crippen molar-refractivity contribution in [1.29, 1.82) is 0 Å². The van der Waals surface area contributed by atoms with E-state index in [9.17, 15) is 19.4 Å². The number of nitrogens with one attached hydrogen (secondary N) is 1. The number of nitrogens with zero attached hydrogens (tertiary/aromatic N) is 1. The molecule has 3 atom stereocenters. The fraction of sp³-hybridized carbons (Fsp3) is 0.981. The summed E-state index contributed by atoms with van der Waals surface area (Å²) in [4.78, 5) is 23.1. The van der Waals surface area contributed by atoms with Crippen molar-refractivity contribution in [3.05, 3.63) is 0 Å². The lowest BCUT2D eigenvalue weighted by atomic mass is 10.0. The SMILES string of the molecule is CCCCCCCCCCCCCCCCCCCCCCCCCCCCCCCCCC(O)C(COP(=O)(O)OCC[N+](C)(C)C)NC(=O)CCCCCCCCCC. The van der Waals surface area contributed by atoms with Gasteiger partial charge in [-0.25, -0.2) is 4.57 Å². The molecule has 9 heteroatoms. The molecular formula is C52H108N2O6P+. The summed E-state index contributed by atoms with van der Waals surface area (Å²) in [6, 6.07) is -0.752. The number of aliphatic hydroxyl groups is 1. The maximum absolute atomic E-state index is 12.8. The van der Waals surface area contributed by atoms with Crippen molar-refractivity contribution >= 4 is 13.7 Å². The number of likely N-dealkylation sites (N-methyl/N-ethyl adjacent to an activating group) is 1. The Labute approximate surface area is 380 Å². The summed E-state index contributed by atoms with van der Waals surface area (Å²) >= 11 is 0. The summed E-state index contributed by atoms with van der Waals surface area (Å²) in [5, 5.41) is 14.0. The Morgan fingerprint density at radius 3 is 1.10 bits per heavy atom. The third-order valence-corrected chi connectivity index (χ3v) is 13.6. The third kappa shape index (κ3) is 47.3. The minimum atomic E-state index is -4.31. The van der Waals surface area contributed by atoms with Crippen LogP contribution in [0.25, 0.3) is 0 Å². The fourth-order valence-corrected chi connectivity index (χ4v) is 9.08. The number of hydrogen-bond donors (Lipinski definition) is 3. The first-order valence-corrected chi connectivity index (χ1v) is 28.4. The van der Waals surface area contributed by atoms with Gasteiger partial charge in [-0.05, 0) is 12.8 Å². The maximum Gasteiger partial charge on any atom is 0.472 e. The smallest absolute Gasteiger partial charge is 0.391 e. The van der Waals surface area contributed by atoms with E-state index in [0.717, 1.165) is 38.5 Å². The average Bonchev–Trinajstić information content (AvgIpc) is 3.21. The van der Waals surface area contributed by atoms with Crippen LogP contribution >= 0.6 is 7.82 Å². The van der Waals surface area contributed by atoms with E-state index in [0.29, 0.717) is 23.9 Å². The van der Waals surface area contributed by atoms with Gasteiger partial charge in [-0.3, -0.25) is 13.8 Å². The van der Waals surface area contributed by atoms with Crippen LogP contribution in [0.2, 0.25) is 0 Å². The predicted molar refractivity (Wildman–Crippen MR) is 263 cm³/mol. The van der Waals surface area contributed by atoms with E-state index in [2.05, 4.69) is 19.2 Å². The average molecular weight is 888 g/mol. The number of amides is 1. The molecule has 0 rings (SSSR count). The van der Waals surface area contributed by atoms with Crippen LogP contribution in [0.3, 0.4) is 0 Å². The van der Waals surface area contributed by atoms with Gasteiger partial charge in [-0.1, -0.05) is 258 Å². The molecule has 61 heavy (non-hydrogen) atoms. The number of rotatable bonds is 50. The second-order valence-electron chi connectivity index (χ2n) is 20.0. The molecule has 0 aliphatic rings. The first kappa shape index (κ1) is 60.5. The minimum Gasteiger partial charge on any atom is -0.391 e. The molecule has 8 nitrogen and oxygen atoms in total. The molecule has 1 amide bonds. The summed E-state index contributed by atoms with van der Waals surface area (Å²) in [5.41, 5.74) is 0. The van der Waals surface area contributed by atoms with Crippen LogP contribution in [0.1, 0.15) is 277 Å². The van der Waals surface area contributed by atoms with Crippen molar-refractivity contribution in [3.63, 3.8) is 0 Å². The molecule has 0 aromatic carbocycles. The second kappa shape index (κ2) is 44.7. The standard InChI is InChI=1S/C52H107N2O6P/c1-6-8-10-12-14-16-17-18-19-20-21-22-23-24-25-26-27-28-29-30-31-32-33-34-35-36-37-38-39-41-43-45-51(55)50(49-60-61(57,58)59-48-47-54(3,4)5)53-52(56)46-44-42-40-15-13-11-9-7-2/h50-51,55H,6-49H2,1-5H3,(H-,53,56,57,58)/p+1. The number of phosphoric acid groups is 1. The Balaban J connectivity index is 3.89. The topological polar surface area (TPSA) is 105 Å². The lowest BCUT2D eigenvalue weighted by molar-refractivity contribution is -0.870. The zero-order valence-electron chi connectivity index (χ0n) is 41.7. The number of carbonyl (C=O) groups is 1. The molecule has 0 radical (unpaired) electrons. The second-order valence-corrected chi connectivity index (χ2v) is 21.4. The lowest BCUT2D eigenvalue weighted by Crippen LogP contribution is -2.46. The summed E-state index contributed by atoms with van der Waals surface area (Å²) in [6.45, 7) is 4.89. The molecular weight excluding hydrogens is 780 g/mol. The highest BCUT2D eigenvalue weighted by atomic mass is 31.2. The van der Waals surface area contributed by atoms with Gasteiger partial charge in [0.1, 0.15) is 13.2 Å². The Bertz CT molecular complexity index is 963. The molecule has 0 aliphatic carbocycles. The van der Waals surface area contributed by atoms with Crippen molar-refractivity contribution in [2.75, 3.05) is 40.9 Å². The van der Waals surface area contributed by atoms with Gasteiger partial charge >= 0.3 is 7.82 Å². The van der Waals surface area contributed by atoms with Gasteiger partial charge in [0.25, 0.3) is 0 Å². The lowest BCUT2D eigenvalue weighted by Gasteiger charge is -2.26. The highest BCUT2D eigenvalue weighted by molar-refractivity contribution is 7.47. The van der Waals surface area contributed by atoms with Gasteiger partial charge < -0.3 is 19.8 Å². The number of carbonyl (C=O) groups excluding carboxylic acids is 1. The minimum absolute atomic E-state index is 0.0784. The van der Waals surface area contributed by atoms with Crippen LogP contribution in [0.15, 0.2) is 0 Å². The number of unbranched alkanes of at least 4 members (excludes halogenated alkanes) is 37. The monoisotopic (exact) mass is 888 g/mol. The molecule has 0 saturated carbocycles. The van der Waals surface area contributed by atoms with Gasteiger partial charge in [0.15, 0.2) is 0 Å². The summed E-state index contributed by atoms with van der Waals surface area (Å²) in [6.07, 6.45) is 51.9. The quantitative estimate of drug-likeness (QED) is 0.0319. The molecule has 0 fully saturated rings. The van der Waals surface area contributed by atoms with Crippen LogP contribution in [0.4, 0.5) is 0 Å². The van der Waals surface area contributed by atoms with E-state index in [1.54, 1.807) is 0 Å². The highest BCUT2D eigenvalue weighted by Gasteiger charge is 2.28. The van der Waals surface area contributed by atoms with Crippen LogP contribution in [0, 0.1) is 0 Å². The summed E-state index contributed by atoms with van der Waals surface area (Å²) < 4.78 is 23.6. The van der Waals surface area contributed by atoms with E-state index in [-0.39, 0.29) is 19.1 Å². The van der Waals surface area contributed by atoms with Gasteiger partial charge in [0, 0.05) is 6.42 Å². The Morgan fingerprint density at radius 2 is 0.787 bits per heavy atom. The molecule has 3 N–H and O–H groups in total. The van der Waals surface area contributed by atoms with Crippen molar-refractivity contribution in [2.45, 2.75) is 289 Å². The molecule has 0 aliphatic heterocycles. The zero-order valence-corrected chi connectivity index (χ0v) is 42.6. The molecule has 0 heterocycles. The first-order chi connectivity index (χ1) is 29.5. The molecule has 366 valence electrons. The summed E-state index contributed by atoms with van der Waals surface area (Å²) in [7, 11) is 1.63. The van der Waals surface area contributed by atoms with Crippen LogP contribution in [0.5, 0.6) is 0 Å². The largest absolute Gasteiger partial charge is 0.472 e. The van der Waals surface area contributed by atoms with Crippen LogP contribution in [-0.2, 0) is 18.4 Å². The molecule has 0 aromatic heterocycles. The number of quaternary nitrogens is 1. The van der Waals surface area contributed by atoms with Crippen LogP contribution in [-0.4, -0.2) is 73.4 Å². The van der Waals surface area contributed by atoms with E-state index in [1.165, 1.54) is 212 Å². The van der Waals surface area contributed by atoms with Gasteiger partial charge in [-0.15, -0.1) is 0 Å². The van der Waals surface area contributed by atoms with E-state index >= 15 is 0 Å². The normalized spacial score (nSPS) is 14.0. The molecule has 0 saturated heterocycles. The van der Waals surface area contributed by atoms with Crippen molar-refractivity contribution in [1.82, 2.24) is 5.32 Å². The van der Waals surface area contributed by atoms with Crippen molar-refractivity contribution in [3.8, 4) is 0 Å². The number of hydrogen-bond acceptors (Lipinski definition) is 5. The van der Waals surface area contributed by atoms with Gasteiger partial charge in [0.2, 0.25) is 5.91 Å².